The van der Waals surface area contributed by atoms with Gasteiger partial charge in [0.2, 0.25) is 5.91 Å². The highest BCUT2D eigenvalue weighted by Crippen LogP contribution is 2.38. The van der Waals surface area contributed by atoms with Crippen LogP contribution in [0.1, 0.15) is 5.56 Å². The van der Waals surface area contributed by atoms with Crippen LogP contribution in [-0.2, 0) is 11.2 Å². The van der Waals surface area contributed by atoms with E-state index in [1.54, 1.807) is 7.11 Å². The molecular formula is C24H31FN4O2. The Morgan fingerprint density at radius 3 is 2.68 bits per heavy atom. The van der Waals surface area contributed by atoms with Gasteiger partial charge in [-0.05, 0) is 56.4 Å². The number of anilines is 2. The number of fused-ring (bicyclic) bond motifs is 3. The predicted octanol–water partition coefficient (Wildman–Crippen LogP) is 2.38. The second-order valence-corrected chi connectivity index (χ2v) is 8.58. The minimum absolute atomic E-state index is 0.0396. The molecule has 0 spiro atoms. The zero-order valence-electron chi connectivity index (χ0n) is 18.5. The minimum atomic E-state index is -0.237. The minimum Gasteiger partial charge on any atom is -0.497 e. The van der Waals surface area contributed by atoms with Crippen molar-refractivity contribution in [1.82, 2.24) is 10.2 Å². The summed E-state index contributed by atoms with van der Waals surface area (Å²) in [5.74, 6) is 0.539. The highest BCUT2D eigenvalue weighted by molar-refractivity contribution is 5.82. The van der Waals surface area contributed by atoms with Gasteiger partial charge >= 0.3 is 0 Å². The van der Waals surface area contributed by atoms with Crippen molar-refractivity contribution >= 4 is 17.3 Å². The molecule has 4 rings (SSSR count). The van der Waals surface area contributed by atoms with E-state index in [2.05, 4.69) is 32.1 Å². The number of methoxy groups -OCH3 is 1. The van der Waals surface area contributed by atoms with Gasteiger partial charge in [-0.15, -0.1) is 0 Å². The van der Waals surface area contributed by atoms with Gasteiger partial charge in [-0.3, -0.25) is 4.79 Å². The molecule has 2 unspecified atom stereocenters. The van der Waals surface area contributed by atoms with Gasteiger partial charge in [-0.2, -0.15) is 0 Å². The lowest BCUT2D eigenvalue weighted by molar-refractivity contribution is -0.125. The van der Waals surface area contributed by atoms with E-state index in [0.29, 0.717) is 19.5 Å². The normalized spacial score (nSPS) is 20.3. The maximum absolute atomic E-state index is 13.4. The van der Waals surface area contributed by atoms with E-state index in [-0.39, 0.29) is 23.7 Å². The van der Waals surface area contributed by atoms with Gasteiger partial charge in [0, 0.05) is 50.2 Å². The fraction of sp³-hybridized carbons (Fsp3) is 0.458. The molecular weight excluding hydrogens is 395 g/mol. The predicted molar refractivity (Wildman–Crippen MR) is 121 cm³/mol. The number of hydrogen-bond donors (Lipinski definition) is 1. The van der Waals surface area contributed by atoms with Gasteiger partial charge < -0.3 is 24.8 Å². The summed E-state index contributed by atoms with van der Waals surface area (Å²) < 4.78 is 18.9. The number of halogens is 1. The molecule has 31 heavy (non-hydrogen) atoms. The van der Waals surface area contributed by atoms with E-state index in [4.69, 9.17) is 4.74 Å². The van der Waals surface area contributed by atoms with Crippen molar-refractivity contribution in [3.8, 4) is 5.75 Å². The molecule has 2 aliphatic heterocycles. The number of ether oxygens (including phenoxy) is 1. The van der Waals surface area contributed by atoms with Crippen molar-refractivity contribution in [3.05, 3.63) is 53.8 Å². The molecule has 2 atom stereocenters. The summed E-state index contributed by atoms with van der Waals surface area (Å²) in [5.41, 5.74) is 3.32. The number of rotatable bonds is 6. The molecule has 1 amide bonds. The Morgan fingerprint density at radius 2 is 1.97 bits per heavy atom. The first-order chi connectivity index (χ1) is 15.0. The van der Waals surface area contributed by atoms with Crippen LogP contribution in [0.15, 0.2) is 42.5 Å². The van der Waals surface area contributed by atoms with Gasteiger partial charge in [0.05, 0.1) is 19.1 Å². The van der Waals surface area contributed by atoms with Crippen molar-refractivity contribution in [1.29, 1.82) is 0 Å². The van der Waals surface area contributed by atoms with E-state index >= 15 is 0 Å². The van der Waals surface area contributed by atoms with Crippen molar-refractivity contribution in [2.75, 3.05) is 63.7 Å². The summed E-state index contributed by atoms with van der Waals surface area (Å²) in [6, 6.07) is 12.8. The average molecular weight is 427 g/mol. The number of carbonyl (C=O) groups is 1. The van der Waals surface area contributed by atoms with Crippen LogP contribution in [-0.4, -0.2) is 70.8 Å². The lowest BCUT2D eigenvalue weighted by Crippen LogP contribution is -2.61. The number of amides is 1. The van der Waals surface area contributed by atoms with Crippen LogP contribution in [0.25, 0.3) is 0 Å². The molecule has 1 N–H and O–H groups in total. The number of benzene rings is 2. The van der Waals surface area contributed by atoms with Crippen molar-refractivity contribution in [2.45, 2.75) is 12.5 Å². The third-order valence-corrected chi connectivity index (χ3v) is 6.31. The van der Waals surface area contributed by atoms with Gasteiger partial charge in [-0.1, -0.05) is 6.07 Å². The van der Waals surface area contributed by atoms with Crippen LogP contribution in [0, 0.1) is 11.7 Å². The van der Waals surface area contributed by atoms with E-state index in [1.807, 2.05) is 32.3 Å². The number of likely N-dealkylation sites (N-methyl/N-ethyl adjacent to an activating group) is 1. The number of nitrogens with one attached hydrogen (secondary N) is 1. The second-order valence-electron chi connectivity index (χ2n) is 8.58. The van der Waals surface area contributed by atoms with E-state index in [1.165, 1.54) is 17.7 Å². The molecule has 2 heterocycles. The van der Waals surface area contributed by atoms with Gasteiger partial charge in [0.25, 0.3) is 0 Å². The molecule has 1 saturated heterocycles. The maximum Gasteiger partial charge on any atom is 0.225 e. The van der Waals surface area contributed by atoms with Crippen molar-refractivity contribution in [2.24, 2.45) is 5.92 Å². The fourth-order valence-electron chi connectivity index (χ4n) is 4.62. The van der Waals surface area contributed by atoms with Gasteiger partial charge in [-0.25, -0.2) is 4.39 Å². The Bertz CT molecular complexity index is 918. The molecule has 0 aliphatic carbocycles. The Morgan fingerprint density at radius 1 is 1.19 bits per heavy atom. The molecule has 0 radical (unpaired) electrons. The summed E-state index contributed by atoms with van der Waals surface area (Å²) in [7, 11) is 5.68. The Balaban J connectivity index is 1.60. The second kappa shape index (κ2) is 9.14. The molecule has 166 valence electrons. The first-order valence-corrected chi connectivity index (χ1v) is 10.8. The first kappa shape index (κ1) is 21.4. The average Bonchev–Trinajstić information content (AvgIpc) is 2.78. The Kier molecular flexibility index (Phi) is 6.32. The van der Waals surface area contributed by atoms with Gasteiger partial charge in [0.15, 0.2) is 0 Å². The highest BCUT2D eigenvalue weighted by Gasteiger charge is 2.41. The van der Waals surface area contributed by atoms with Crippen LogP contribution < -0.4 is 19.9 Å². The largest absolute Gasteiger partial charge is 0.497 e. The first-order valence-electron chi connectivity index (χ1n) is 10.8. The standard InChI is InChI=1S/C24H31FN4O2/c1-27(2)11-10-26-24(30)21-14-17-4-9-20(31-3)15-22(17)29-13-12-28(16-23(21)29)19-7-5-18(25)6-8-19/h4-9,15,21,23H,10-14,16H2,1-3H3,(H,26,30). The molecule has 0 bridgehead atoms. The fourth-order valence-corrected chi connectivity index (χ4v) is 4.62. The van der Waals surface area contributed by atoms with Crippen LogP contribution >= 0.6 is 0 Å². The topological polar surface area (TPSA) is 48.1 Å². The zero-order chi connectivity index (χ0) is 22.0. The van der Waals surface area contributed by atoms with Crippen LogP contribution in [0.5, 0.6) is 5.75 Å². The zero-order valence-corrected chi connectivity index (χ0v) is 18.5. The van der Waals surface area contributed by atoms with E-state index in [0.717, 1.165) is 36.8 Å². The van der Waals surface area contributed by atoms with E-state index in [9.17, 15) is 9.18 Å². The molecule has 6 nitrogen and oxygen atoms in total. The van der Waals surface area contributed by atoms with Crippen LogP contribution in [0.4, 0.5) is 15.8 Å². The SMILES string of the molecule is COc1ccc2c(c1)N1CCN(c3ccc(F)cc3)CC1C(C(=O)NCCN(C)C)C2. The monoisotopic (exact) mass is 426 g/mol. The molecule has 2 aliphatic rings. The van der Waals surface area contributed by atoms with Crippen LogP contribution in [0.3, 0.4) is 0 Å². The Hall–Kier alpha value is -2.80. The molecule has 0 aromatic heterocycles. The lowest BCUT2D eigenvalue weighted by Gasteiger charge is -2.49. The summed E-state index contributed by atoms with van der Waals surface area (Å²) in [4.78, 5) is 19.9. The van der Waals surface area contributed by atoms with Gasteiger partial charge in [0.1, 0.15) is 11.6 Å². The smallest absolute Gasteiger partial charge is 0.225 e. The number of carbonyl (C=O) groups excluding carboxylic acids is 1. The summed E-state index contributed by atoms with van der Waals surface area (Å²) in [6.45, 7) is 3.76. The number of piperazine rings is 1. The van der Waals surface area contributed by atoms with Crippen molar-refractivity contribution in [3.63, 3.8) is 0 Å². The third-order valence-electron chi connectivity index (χ3n) is 6.31. The lowest BCUT2D eigenvalue weighted by atomic mass is 9.83. The van der Waals surface area contributed by atoms with E-state index < -0.39 is 0 Å². The highest BCUT2D eigenvalue weighted by atomic mass is 19.1. The molecule has 1 fully saturated rings. The molecule has 0 saturated carbocycles. The number of hydrogen-bond acceptors (Lipinski definition) is 5. The van der Waals surface area contributed by atoms with Crippen LogP contribution in [0.2, 0.25) is 0 Å². The summed E-state index contributed by atoms with van der Waals surface area (Å²) in [5, 5.41) is 3.13. The number of nitrogens with zero attached hydrogens (tertiary/aromatic N) is 3. The summed E-state index contributed by atoms with van der Waals surface area (Å²) in [6.07, 6.45) is 0.700. The third kappa shape index (κ3) is 4.61. The van der Waals surface area contributed by atoms with Crippen molar-refractivity contribution < 1.29 is 13.9 Å². The molecule has 2 aromatic carbocycles. The molecule has 2 aromatic rings. The Labute approximate surface area is 183 Å². The molecule has 7 heteroatoms. The summed E-state index contributed by atoms with van der Waals surface area (Å²) >= 11 is 0. The maximum atomic E-state index is 13.4. The quantitative estimate of drug-likeness (QED) is 0.769.